The molecule has 1 aromatic rings. The molecule has 30 heavy (non-hydrogen) atoms. The van der Waals surface area contributed by atoms with Crippen LogP contribution in [-0.4, -0.2) is 62.0 Å². The topological polar surface area (TPSA) is 127 Å². The molecule has 0 unspecified atom stereocenters. The van der Waals surface area contributed by atoms with Crippen LogP contribution >= 0.6 is 11.8 Å². The van der Waals surface area contributed by atoms with Crippen LogP contribution in [-0.2, 0) is 16.0 Å². The highest BCUT2D eigenvalue weighted by atomic mass is 32.2. The Morgan fingerprint density at radius 3 is 2.97 bits per heavy atom. The highest BCUT2D eigenvalue weighted by Crippen LogP contribution is 2.51. The van der Waals surface area contributed by atoms with E-state index in [-0.39, 0.29) is 34.9 Å². The van der Waals surface area contributed by atoms with Gasteiger partial charge in [-0.3, -0.25) is 4.79 Å². The second kappa shape index (κ2) is 8.02. The van der Waals surface area contributed by atoms with Gasteiger partial charge in [-0.2, -0.15) is 5.26 Å². The van der Waals surface area contributed by atoms with E-state index in [1.165, 1.54) is 4.90 Å². The lowest BCUT2D eigenvalue weighted by Gasteiger charge is -2.46. The molecule has 0 radical (unpaired) electrons. The Kier molecular flexibility index (Phi) is 5.57. The van der Waals surface area contributed by atoms with Crippen LogP contribution in [0, 0.1) is 23.2 Å². The molecule has 3 N–H and O–H groups in total. The maximum absolute atomic E-state index is 12.5. The van der Waals surface area contributed by atoms with Gasteiger partial charge in [0.15, 0.2) is 0 Å². The first-order valence-corrected chi connectivity index (χ1v) is 10.9. The molecular formula is C21H24N4O4S. The van der Waals surface area contributed by atoms with E-state index < -0.39 is 18.0 Å². The van der Waals surface area contributed by atoms with Crippen molar-refractivity contribution in [3.63, 3.8) is 0 Å². The van der Waals surface area contributed by atoms with Gasteiger partial charge in [0, 0.05) is 34.9 Å². The molecule has 1 amide bonds. The van der Waals surface area contributed by atoms with E-state index in [9.17, 15) is 19.8 Å². The van der Waals surface area contributed by atoms with Gasteiger partial charge >= 0.3 is 5.97 Å². The molecule has 0 saturated carbocycles. The summed E-state index contributed by atoms with van der Waals surface area (Å²) in [7, 11) is 0. The first-order valence-electron chi connectivity index (χ1n) is 10.1. The van der Waals surface area contributed by atoms with Crippen LogP contribution in [0.5, 0.6) is 0 Å². The van der Waals surface area contributed by atoms with E-state index in [4.69, 9.17) is 5.26 Å². The van der Waals surface area contributed by atoms with E-state index >= 15 is 0 Å². The number of carbonyl (C=O) groups is 2. The van der Waals surface area contributed by atoms with Crippen LogP contribution < -0.4 is 5.32 Å². The number of β-lactam (4-membered cyclic amide) rings is 1. The van der Waals surface area contributed by atoms with Crippen molar-refractivity contribution in [2.75, 3.05) is 6.54 Å². The number of aliphatic hydroxyl groups is 1. The fourth-order valence-corrected chi connectivity index (χ4v) is 6.35. The van der Waals surface area contributed by atoms with Gasteiger partial charge in [-0.1, -0.05) is 6.92 Å². The standard InChI is InChI=1S/C21H24N4O4S/c1-10-17-16(11(2)26)20(27)25(17)18(21(28)29)19(10)30-15-7-13(24-9-15)5-12-3-4-23-14(6-12)8-22/h3-4,6,10-11,13,15-17,24,26H,5,7,9H2,1-2H3,(H,28,29)/t10-,11-,13-,15+,16-,17-/m1/s1. The fraction of sp³-hybridized carbons (Fsp3) is 0.524. The Balaban J connectivity index is 1.46. The molecule has 4 rings (SSSR count). The summed E-state index contributed by atoms with van der Waals surface area (Å²) in [4.78, 5) is 30.5. The summed E-state index contributed by atoms with van der Waals surface area (Å²) in [6, 6.07) is 5.69. The minimum absolute atomic E-state index is 0.0793. The van der Waals surface area contributed by atoms with Gasteiger partial charge in [0.05, 0.1) is 18.1 Å². The Hall–Kier alpha value is -2.41. The summed E-state index contributed by atoms with van der Waals surface area (Å²) in [6.45, 7) is 4.27. The Labute approximate surface area is 179 Å². The Morgan fingerprint density at radius 1 is 1.53 bits per heavy atom. The van der Waals surface area contributed by atoms with E-state index in [1.54, 1.807) is 30.9 Å². The lowest BCUT2D eigenvalue weighted by molar-refractivity contribution is -0.163. The number of aromatic nitrogens is 1. The van der Waals surface area contributed by atoms with Gasteiger partial charge in [-0.05, 0) is 37.5 Å². The number of pyridine rings is 1. The maximum Gasteiger partial charge on any atom is 0.353 e. The van der Waals surface area contributed by atoms with Gasteiger partial charge in [-0.25, -0.2) is 9.78 Å². The third kappa shape index (κ3) is 3.49. The number of rotatable bonds is 6. The van der Waals surface area contributed by atoms with Crippen LogP contribution in [0.15, 0.2) is 28.9 Å². The molecular weight excluding hydrogens is 404 g/mol. The molecule has 2 fully saturated rings. The molecule has 3 aliphatic rings. The van der Waals surface area contributed by atoms with Crippen molar-refractivity contribution in [2.24, 2.45) is 11.8 Å². The van der Waals surface area contributed by atoms with Crippen LogP contribution in [0.2, 0.25) is 0 Å². The summed E-state index contributed by atoms with van der Waals surface area (Å²) in [5, 5.41) is 32.4. The maximum atomic E-state index is 12.5. The quantitative estimate of drug-likeness (QED) is 0.575. The van der Waals surface area contributed by atoms with E-state index in [2.05, 4.69) is 16.4 Å². The molecule has 158 valence electrons. The predicted octanol–water partition coefficient (Wildman–Crippen LogP) is 1.11. The Morgan fingerprint density at radius 2 is 2.30 bits per heavy atom. The number of thioether (sulfide) groups is 1. The van der Waals surface area contributed by atoms with Crippen LogP contribution in [0.25, 0.3) is 0 Å². The van der Waals surface area contributed by atoms with Gasteiger partial charge in [0.2, 0.25) is 5.91 Å². The number of nitrogens with one attached hydrogen (secondary N) is 1. The lowest BCUT2D eigenvalue weighted by Crippen LogP contribution is -2.63. The number of fused-ring (bicyclic) bond motifs is 1. The number of carboxylic acid groups (broad SMARTS) is 1. The van der Waals surface area contributed by atoms with Gasteiger partial charge in [-0.15, -0.1) is 11.8 Å². The smallest absolute Gasteiger partial charge is 0.353 e. The zero-order valence-electron chi connectivity index (χ0n) is 16.8. The van der Waals surface area contributed by atoms with Crippen molar-refractivity contribution in [3.05, 3.63) is 40.2 Å². The summed E-state index contributed by atoms with van der Waals surface area (Å²) in [5.74, 6) is -2.05. The van der Waals surface area contributed by atoms with E-state index in [0.717, 1.165) is 29.9 Å². The lowest BCUT2D eigenvalue weighted by atomic mass is 9.79. The molecule has 9 heteroatoms. The molecule has 6 atom stereocenters. The monoisotopic (exact) mass is 428 g/mol. The minimum Gasteiger partial charge on any atom is -0.477 e. The second-order valence-electron chi connectivity index (χ2n) is 8.22. The number of amides is 1. The first-order chi connectivity index (χ1) is 14.3. The summed E-state index contributed by atoms with van der Waals surface area (Å²) >= 11 is 1.54. The predicted molar refractivity (Wildman–Crippen MR) is 110 cm³/mol. The van der Waals surface area contributed by atoms with Gasteiger partial charge in [0.25, 0.3) is 0 Å². The van der Waals surface area contributed by atoms with Crippen molar-refractivity contribution in [1.82, 2.24) is 15.2 Å². The normalized spacial score (nSPS) is 31.3. The number of hydrogen-bond acceptors (Lipinski definition) is 7. The number of hydrogen-bond donors (Lipinski definition) is 3. The van der Waals surface area contributed by atoms with Crippen LogP contribution in [0.1, 0.15) is 31.5 Å². The number of nitrogens with zero attached hydrogens (tertiary/aromatic N) is 3. The third-order valence-corrected chi connectivity index (χ3v) is 7.72. The van der Waals surface area contributed by atoms with Crippen molar-refractivity contribution < 1.29 is 19.8 Å². The molecule has 4 heterocycles. The number of aliphatic carboxylic acids is 1. The second-order valence-corrected chi connectivity index (χ2v) is 9.56. The van der Waals surface area contributed by atoms with Gasteiger partial charge in [0.1, 0.15) is 17.5 Å². The van der Waals surface area contributed by atoms with Crippen molar-refractivity contribution in [1.29, 1.82) is 5.26 Å². The van der Waals surface area contributed by atoms with E-state index in [0.29, 0.717) is 5.69 Å². The average molecular weight is 429 g/mol. The molecule has 3 aliphatic heterocycles. The van der Waals surface area contributed by atoms with Crippen molar-refractivity contribution in [2.45, 2.75) is 50.1 Å². The molecule has 0 aromatic carbocycles. The summed E-state index contributed by atoms with van der Waals surface area (Å²) < 4.78 is 0. The molecule has 2 saturated heterocycles. The third-order valence-electron chi connectivity index (χ3n) is 6.21. The minimum atomic E-state index is -1.09. The SMILES string of the molecule is C[C@@H](O)[C@H]1C(=O)N2C(C(=O)O)=C(S[C@@H]3CN[C@H](Cc4ccnc(C#N)c4)C3)[C@H](C)[C@H]12. The molecule has 0 bridgehead atoms. The zero-order valence-corrected chi connectivity index (χ0v) is 17.6. The highest BCUT2D eigenvalue weighted by Gasteiger charge is 2.60. The largest absolute Gasteiger partial charge is 0.477 e. The van der Waals surface area contributed by atoms with Crippen molar-refractivity contribution >= 4 is 23.6 Å². The van der Waals surface area contributed by atoms with Crippen molar-refractivity contribution in [3.8, 4) is 6.07 Å². The Bertz CT molecular complexity index is 957. The highest BCUT2D eigenvalue weighted by molar-refractivity contribution is 8.03. The van der Waals surface area contributed by atoms with Crippen LogP contribution in [0.3, 0.4) is 0 Å². The summed E-state index contributed by atoms with van der Waals surface area (Å²) in [5.41, 5.74) is 1.52. The zero-order chi connectivity index (χ0) is 21.6. The first kappa shape index (κ1) is 20.8. The van der Waals surface area contributed by atoms with Gasteiger partial charge < -0.3 is 20.4 Å². The molecule has 8 nitrogen and oxygen atoms in total. The number of carbonyl (C=O) groups excluding carboxylic acids is 1. The van der Waals surface area contributed by atoms with E-state index in [1.807, 2.05) is 13.0 Å². The number of carboxylic acids is 1. The molecule has 0 aliphatic carbocycles. The summed E-state index contributed by atoms with van der Waals surface area (Å²) in [6.07, 6.45) is 2.47. The molecule has 0 spiro atoms. The average Bonchev–Trinajstić information content (AvgIpc) is 3.23. The van der Waals surface area contributed by atoms with Crippen LogP contribution in [0.4, 0.5) is 0 Å². The number of aliphatic hydroxyl groups excluding tert-OH is 1. The number of nitriles is 1. The fourth-order valence-electron chi connectivity index (χ4n) is 4.83. The molecule has 1 aromatic heterocycles.